The molecular formula is C29H32N2O3. The number of ether oxygens (including phenoxy) is 1. The van der Waals surface area contributed by atoms with Gasteiger partial charge in [-0.2, -0.15) is 0 Å². The van der Waals surface area contributed by atoms with Gasteiger partial charge in [0.1, 0.15) is 6.04 Å². The molecule has 0 aromatic heterocycles. The predicted molar refractivity (Wildman–Crippen MR) is 133 cm³/mol. The lowest BCUT2D eigenvalue weighted by atomic mass is 9.90. The molecule has 176 valence electrons. The van der Waals surface area contributed by atoms with E-state index in [4.69, 9.17) is 4.74 Å². The number of benzene rings is 3. The van der Waals surface area contributed by atoms with Crippen LogP contribution in [-0.4, -0.2) is 49.1 Å². The van der Waals surface area contributed by atoms with Gasteiger partial charge in [0.05, 0.1) is 13.0 Å². The number of amides is 1. The third-order valence-electron chi connectivity index (χ3n) is 6.49. The summed E-state index contributed by atoms with van der Waals surface area (Å²) in [5.41, 5.74) is 3.15. The molecule has 0 aliphatic carbocycles. The summed E-state index contributed by atoms with van der Waals surface area (Å²) in [4.78, 5) is 28.3. The van der Waals surface area contributed by atoms with Crippen LogP contribution in [0, 0.1) is 0 Å². The molecule has 3 aromatic rings. The number of carbonyl (C=O) groups excluding carboxylic acids is 2. The van der Waals surface area contributed by atoms with Crippen LogP contribution in [0.1, 0.15) is 35.4 Å². The Morgan fingerprint density at radius 2 is 1.47 bits per heavy atom. The van der Waals surface area contributed by atoms with Gasteiger partial charge in [0, 0.05) is 12.6 Å². The number of nitrogens with one attached hydrogen (secondary N) is 1. The standard InChI is InChI=1S/C29H32N2O3/c1-34-29(33)26-20-25(30-19-11-14-22-12-5-2-6-13-22)21-31(26)28(32)27(23-15-7-3-8-16-23)24-17-9-4-10-18-24/h2-10,12-13,15-18,25-27,30H,11,14,19-21H2,1H3. The molecule has 1 saturated heterocycles. The van der Waals surface area contributed by atoms with Crippen LogP contribution in [0.15, 0.2) is 91.0 Å². The lowest BCUT2D eigenvalue weighted by Gasteiger charge is -2.28. The highest BCUT2D eigenvalue weighted by Crippen LogP contribution is 2.31. The van der Waals surface area contributed by atoms with Gasteiger partial charge in [0.15, 0.2) is 0 Å². The first kappa shape index (κ1) is 23.7. The molecule has 5 nitrogen and oxygen atoms in total. The third-order valence-corrected chi connectivity index (χ3v) is 6.49. The molecule has 34 heavy (non-hydrogen) atoms. The normalized spacial score (nSPS) is 17.6. The van der Waals surface area contributed by atoms with Gasteiger partial charge in [-0.05, 0) is 42.5 Å². The van der Waals surface area contributed by atoms with E-state index in [0.717, 1.165) is 30.5 Å². The van der Waals surface area contributed by atoms with E-state index in [-0.39, 0.29) is 17.9 Å². The molecule has 1 fully saturated rings. The first-order valence-electron chi connectivity index (χ1n) is 11.9. The van der Waals surface area contributed by atoms with Crippen LogP contribution in [0.25, 0.3) is 0 Å². The van der Waals surface area contributed by atoms with Crippen molar-refractivity contribution in [3.8, 4) is 0 Å². The van der Waals surface area contributed by atoms with Crippen molar-refractivity contribution < 1.29 is 14.3 Å². The largest absolute Gasteiger partial charge is 0.467 e. The Morgan fingerprint density at radius 3 is 2.03 bits per heavy atom. The lowest BCUT2D eigenvalue weighted by molar-refractivity contribution is -0.151. The van der Waals surface area contributed by atoms with Gasteiger partial charge in [-0.25, -0.2) is 4.79 Å². The van der Waals surface area contributed by atoms with Crippen LogP contribution in [0.4, 0.5) is 0 Å². The molecular weight excluding hydrogens is 424 g/mol. The van der Waals surface area contributed by atoms with Crippen LogP contribution in [-0.2, 0) is 20.7 Å². The third kappa shape index (κ3) is 5.72. The number of hydrogen-bond acceptors (Lipinski definition) is 4. The Kier molecular flexibility index (Phi) is 8.10. The van der Waals surface area contributed by atoms with Crippen LogP contribution in [0.2, 0.25) is 0 Å². The molecule has 5 heteroatoms. The van der Waals surface area contributed by atoms with Crippen molar-refractivity contribution in [3.63, 3.8) is 0 Å². The Bertz CT molecular complexity index is 1020. The zero-order valence-corrected chi connectivity index (χ0v) is 19.6. The molecule has 0 bridgehead atoms. The van der Waals surface area contributed by atoms with Crippen molar-refractivity contribution in [1.29, 1.82) is 0 Å². The number of hydrogen-bond donors (Lipinski definition) is 1. The summed E-state index contributed by atoms with van der Waals surface area (Å²) < 4.78 is 5.08. The van der Waals surface area contributed by atoms with Gasteiger partial charge in [-0.3, -0.25) is 4.79 Å². The summed E-state index contributed by atoms with van der Waals surface area (Å²) >= 11 is 0. The first-order valence-corrected chi connectivity index (χ1v) is 11.9. The average molecular weight is 457 g/mol. The molecule has 0 radical (unpaired) electrons. The molecule has 2 atom stereocenters. The molecule has 0 spiro atoms. The van der Waals surface area contributed by atoms with Gasteiger partial charge in [-0.15, -0.1) is 0 Å². The highest BCUT2D eigenvalue weighted by Gasteiger charge is 2.42. The molecule has 1 aliphatic heterocycles. The fraction of sp³-hybridized carbons (Fsp3) is 0.310. The Hall–Kier alpha value is -3.44. The van der Waals surface area contributed by atoms with Gasteiger partial charge < -0.3 is 15.0 Å². The van der Waals surface area contributed by atoms with Gasteiger partial charge in [0.25, 0.3) is 0 Å². The minimum atomic E-state index is -0.584. The fourth-order valence-corrected chi connectivity index (χ4v) is 4.76. The highest BCUT2D eigenvalue weighted by molar-refractivity contribution is 5.91. The maximum Gasteiger partial charge on any atom is 0.328 e. The SMILES string of the molecule is COC(=O)C1CC(NCCCc2ccccc2)CN1C(=O)C(c1ccccc1)c1ccccc1. The van der Waals surface area contributed by atoms with E-state index in [1.54, 1.807) is 4.90 Å². The van der Waals surface area contributed by atoms with Crippen LogP contribution in [0.5, 0.6) is 0 Å². The molecule has 1 aliphatic rings. The Morgan fingerprint density at radius 1 is 0.912 bits per heavy atom. The second-order valence-corrected chi connectivity index (χ2v) is 8.76. The zero-order chi connectivity index (χ0) is 23.8. The Balaban J connectivity index is 1.48. The Labute approximate surface area is 201 Å². The smallest absolute Gasteiger partial charge is 0.328 e. The summed E-state index contributed by atoms with van der Waals surface area (Å²) in [5.74, 6) is -0.894. The fourth-order valence-electron chi connectivity index (χ4n) is 4.76. The minimum absolute atomic E-state index is 0.0519. The molecule has 0 saturated carbocycles. The molecule has 2 unspecified atom stereocenters. The number of aryl methyl sites for hydroxylation is 1. The molecule has 1 heterocycles. The lowest BCUT2D eigenvalue weighted by Crippen LogP contribution is -2.44. The van der Waals surface area contributed by atoms with Gasteiger partial charge in [0.2, 0.25) is 5.91 Å². The van der Waals surface area contributed by atoms with E-state index >= 15 is 0 Å². The predicted octanol–water partition coefficient (Wildman–Crippen LogP) is 4.18. The van der Waals surface area contributed by atoms with Crippen molar-refractivity contribution in [2.75, 3.05) is 20.2 Å². The van der Waals surface area contributed by atoms with Crippen LogP contribution >= 0.6 is 0 Å². The van der Waals surface area contributed by atoms with Gasteiger partial charge >= 0.3 is 5.97 Å². The summed E-state index contributed by atoms with van der Waals surface area (Å²) in [6, 6.07) is 29.4. The summed E-state index contributed by atoms with van der Waals surface area (Å²) in [5, 5.41) is 3.56. The van der Waals surface area contributed by atoms with E-state index in [1.807, 2.05) is 66.7 Å². The van der Waals surface area contributed by atoms with Crippen molar-refractivity contribution in [3.05, 3.63) is 108 Å². The summed E-state index contributed by atoms with van der Waals surface area (Å²) in [7, 11) is 1.39. The maximum absolute atomic E-state index is 13.9. The molecule has 4 rings (SSSR count). The van der Waals surface area contributed by atoms with E-state index in [9.17, 15) is 9.59 Å². The van der Waals surface area contributed by atoms with E-state index in [0.29, 0.717) is 13.0 Å². The summed E-state index contributed by atoms with van der Waals surface area (Å²) in [6.07, 6.45) is 2.54. The van der Waals surface area contributed by atoms with Crippen molar-refractivity contribution in [2.24, 2.45) is 0 Å². The minimum Gasteiger partial charge on any atom is -0.467 e. The maximum atomic E-state index is 13.9. The second-order valence-electron chi connectivity index (χ2n) is 8.76. The zero-order valence-electron chi connectivity index (χ0n) is 19.6. The topological polar surface area (TPSA) is 58.6 Å². The first-order chi connectivity index (χ1) is 16.7. The second kappa shape index (κ2) is 11.6. The van der Waals surface area contributed by atoms with Crippen molar-refractivity contribution in [2.45, 2.75) is 37.3 Å². The molecule has 1 amide bonds. The highest BCUT2D eigenvalue weighted by atomic mass is 16.5. The number of rotatable bonds is 9. The number of carbonyl (C=O) groups is 2. The summed E-state index contributed by atoms with van der Waals surface area (Å²) in [6.45, 7) is 1.32. The number of likely N-dealkylation sites (tertiary alicyclic amines) is 1. The van der Waals surface area contributed by atoms with E-state index in [1.165, 1.54) is 12.7 Å². The number of esters is 1. The van der Waals surface area contributed by atoms with E-state index in [2.05, 4.69) is 29.6 Å². The average Bonchev–Trinajstić information content (AvgIpc) is 3.32. The van der Waals surface area contributed by atoms with E-state index < -0.39 is 12.0 Å². The number of nitrogens with zero attached hydrogens (tertiary/aromatic N) is 1. The number of methoxy groups -OCH3 is 1. The van der Waals surface area contributed by atoms with Crippen molar-refractivity contribution >= 4 is 11.9 Å². The quantitative estimate of drug-likeness (QED) is 0.388. The van der Waals surface area contributed by atoms with Crippen LogP contribution in [0.3, 0.4) is 0 Å². The monoisotopic (exact) mass is 456 g/mol. The van der Waals surface area contributed by atoms with Crippen molar-refractivity contribution in [1.82, 2.24) is 10.2 Å². The van der Waals surface area contributed by atoms with Gasteiger partial charge in [-0.1, -0.05) is 91.0 Å². The molecule has 1 N–H and O–H groups in total. The van der Waals surface area contributed by atoms with Crippen LogP contribution < -0.4 is 5.32 Å². The molecule has 3 aromatic carbocycles.